The van der Waals surface area contributed by atoms with Crippen molar-refractivity contribution in [3.63, 3.8) is 0 Å². The quantitative estimate of drug-likeness (QED) is 0.913. The van der Waals surface area contributed by atoms with Crippen molar-refractivity contribution in [3.8, 4) is 0 Å². The van der Waals surface area contributed by atoms with Gasteiger partial charge < -0.3 is 10.1 Å². The average molecular weight is 265 g/mol. The Bertz CT molecular complexity index is 569. The molecule has 18 heavy (non-hydrogen) atoms. The third-order valence-electron chi connectivity index (χ3n) is 2.80. The predicted octanol–water partition coefficient (Wildman–Crippen LogP) is 3.77. The lowest BCUT2D eigenvalue weighted by Crippen LogP contribution is -2.01. The zero-order chi connectivity index (χ0) is 13.1. The van der Waals surface area contributed by atoms with Gasteiger partial charge in [0.1, 0.15) is 0 Å². The van der Waals surface area contributed by atoms with Crippen molar-refractivity contribution in [1.82, 2.24) is 4.98 Å². The molecular weight excluding hydrogens is 248 g/mol. The Kier molecular flexibility index (Phi) is 4.04. The van der Waals surface area contributed by atoms with Gasteiger partial charge in [-0.15, -0.1) is 0 Å². The summed E-state index contributed by atoms with van der Waals surface area (Å²) in [6, 6.07) is 6.01. The fourth-order valence-electron chi connectivity index (χ4n) is 1.97. The molecule has 2 aromatic rings. The van der Waals surface area contributed by atoms with Gasteiger partial charge in [0.25, 0.3) is 0 Å². The van der Waals surface area contributed by atoms with Gasteiger partial charge in [0, 0.05) is 29.8 Å². The summed E-state index contributed by atoms with van der Waals surface area (Å²) >= 11 is 6.15. The molecule has 0 atom stereocenters. The van der Waals surface area contributed by atoms with Crippen LogP contribution in [-0.2, 0) is 11.3 Å². The van der Waals surface area contributed by atoms with Gasteiger partial charge >= 0.3 is 0 Å². The Hall–Kier alpha value is -1.32. The molecule has 0 fully saturated rings. The second kappa shape index (κ2) is 5.55. The smallest absolute Gasteiger partial charge is 0.0885 e. The largest absolute Gasteiger partial charge is 0.385 e. The number of hydrogen-bond donors (Lipinski definition) is 1. The molecule has 4 heteroatoms. The van der Waals surface area contributed by atoms with Crippen molar-refractivity contribution in [2.24, 2.45) is 0 Å². The molecule has 0 aliphatic carbocycles. The molecular formula is C14H17ClN2O. The van der Waals surface area contributed by atoms with Crippen LogP contribution < -0.4 is 5.32 Å². The molecule has 0 aliphatic heterocycles. The molecule has 0 saturated carbocycles. The van der Waals surface area contributed by atoms with Crippen LogP contribution in [-0.4, -0.2) is 18.6 Å². The zero-order valence-electron chi connectivity index (χ0n) is 10.9. The Morgan fingerprint density at radius 3 is 2.78 bits per heavy atom. The molecule has 2 rings (SSSR count). The van der Waals surface area contributed by atoms with E-state index in [-0.39, 0.29) is 0 Å². The van der Waals surface area contributed by atoms with E-state index < -0.39 is 0 Å². The van der Waals surface area contributed by atoms with Gasteiger partial charge in [0.2, 0.25) is 0 Å². The third-order valence-corrected chi connectivity index (χ3v) is 3.21. The van der Waals surface area contributed by atoms with Gasteiger partial charge in [0.05, 0.1) is 17.8 Å². The van der Waals surface area contributed by atoms with Crippen LogP contribution in [0, 0.1) is 6.92 Å². The van der Waals surface area contributed by atoms with Crippen molar-refractivity contribution < 1.29 is 4.74 Å². The number of aryl methyl sites for hydroxylation is 1. The van der Waals surface area contributed by atoms with Crippen LogP contribution in [0.3, 0.4) is 0 Å². The van der Waals surface area contributed by atoms with Crippen LogP contribution in [0.1, 0.15) is 18.2 Å². The Morgan fingerprint density at radius 1 is 1.33 bits per heavy atom. The number of ether oxygens (including phenoxy) is 1. The van der Waals surface area contributed by atoms with E-state index in [1.807, 2.05) is 19.1 Å². The number of anilines is 1. The summed E-state index contributed by atoms with van der Waals surface area (Å²) in [6.45, 7) is 5.44. The van der Waals surface area contributed by atoms with E-state index in [9.17, 15) is 0 Å². The summed E-state index contributed by atoms with van der Waals surface area (Å²) in [7, 11) is 1.67. The Morgan fingerprint density at radius 2 is 2.11 bits per heavy atom. The molecule has 3 nitrogen and oxygen atoms in total. The molecule has 1 aromatic heterocycles. The van der Waals surface area contributed by atoms with Crippen LogP contribution in [0.15, 0.2) is 18.2 Å². The molecule has 0 spiro atoms. The van der Waals surface area contributed by atoms with Crippen molar-refractivity contribution in [2.45, 2.75) is 20.5 Å². The maximum absolute atomic E-state index is 6.15. The van der Waals surface area contributed by atoms with E-state index in [0.29, 0.717) is 6.61 Å². The van der Waals surface area contributed by atoms with Crippen LogP contribution in [0.2, 0.25) is 5.02 Å². The molecule has 1 aromatic carbocycles. The first-order valence-corrected chi connectivity index (χ1v) is 6.36. The third kappa shape index (κ3) is 2.57. The second-order valence-corrected chi connectivity index (χ2v) is 4.65. The topological polar surface area (TPSA) is 34.1 Å². The van der Waals surface area contributed by atoms with E-state index in [0.717, 1.165) is 39.4 Å². The maximum Gasteiger partial charge on any atom is 0.0885 e. The van der Waals surface area contributed by atoms with Crippen molar-refractivity contribution in [2.75, 3.05) is 19.0 Å². The number of hydrogen-bond acceptors (Lipinski definition) is 3. The normalized spacial score (nSPS) is 10.9. The van der Waals surface area contributed by atoms with Crippen LogP contribution in [0.4, 0.5) is 5.69 Å². The minimum Gasteiger partial charge on any atom is -0.385 e. The number of halogens is 1. The highest BCUT2D eigenvalue weighted by Gasteiger charge is 2.08. The standard InChI is InChI=1S/C14H17ClN2O/c1-4-16-13-6-10(8-18-3)17-14-7-12(15)9(2)5-11(13)14/h5-7H,4,8H2,1-3H3,(H,16,17). The van der Waals surface area contributed by atoms with E-state index in [1.54, 1.807) is 7.11 Å². The summed E-state index contributed by atoms with van der Waals surface area (Å²) in [6.07, 6.45) is 0. The highest BCUT2D eigenvalue weighted by molar-refractivity contribution is 6.32. The molecule has 1 N–H and O–H groups in total. The van der Waals surface area contributed by atoms with Crippen LogP contribution >= 0.6 is 11.6 Å². The lowest BCUT2D eigenvalue weighted by atomic mass is 10.1. The molecule has 0 unspecified atom stereocenters. The van der Waals surface area contributed by atoms with Crippen molar-refractivity contribution in [3.05, 3.63) is 34.5 Å². The molecule has 1 heterocycles. The number of rotatable bonds is 4. The number of benzene rings is 1. The number of methoxy groups -OCH3 is 1. The lowest BCUT2D eigenvalue weighted by Gasteiger charge is -2.11. The van der Waals surface area contributed by atoms with Gasteiger partial charge in [-0.2, -0.15) is 0 Å². The monoisotopic (exact) mass is 264 g/mol. The first kappa shape index (κ1) is 13.1. The fourth-order valence-corrected chi connectivity index (χ4v) is 2.13. The van der Waals surface area contributed by atoms with Crippen LogP contribution in [0.5, 0.6) is 0 Å². The van der Waals surface area contributed by atoms with E-state index >= 15 is 0 Å². The molecule has 0 saturated heterocycles. The lowest BCUT2D eigenvalue weighted by molar-refractivity contribution is 0.182. The van der Waals surface area contributed by atoms with Gasteiger partial charge in [-0.25, -0.2) is 0 Å². The minimum atomic E-state index is 0.500. The molecule has 0 amide bonds. The summed E-state index contributed by atoms with van der Waals surface area (Å²) < 4.78 is 5.14. The average Bonchev–Trinajstić information content (AvgIpc) is 2.32. The van der Waals surface area contributed by atoms with Gasteiger partial charge in [-0.1, -0.05) is 11.6 Å². The first-order chi connectivity index (χ1) is 8.65. The molecule has 0 aliphatic rings. The van der Waals surface area contributed by atoms with Crippen molar-refractivity contribution in [1.29, 1.82) is 0 Å². The zero-order valence-corrected chi connectivity index (χ0v) is 11.6. The number of fused-ring (bicyclic) bond motifs is 1. The van der Waals surface area contributed by atoms with E-state index in [2.05, 4.69) is 23.3 Å². The molecule has 96 valence electrons. The minimum absolute atomic E-state index is 0.500. The number of pyridine rings is 1. The highest BCUT2D eigenvalue weighted by atomic mass is 35.5. The summed E-state index contributed by atoms with van der Waals surface area (Å²) in [5.74, 6) is 0. The number of nitrogens with one attached hydrogen (secondary N) is 1. The van der Waals surface area contributed by atoms with Crippen LogP contribution in [0.25, 0.3) is 10.9 Å². The summed E-state index contributed by atoms with van der Waals surface area (Å²) in [4.78, 5) is 4.56. The van der Waals surface area contributed by atoms with Gasteiger partial charge in [-0.05, 0) is 37.6 Å². The highest BCUT2D eigenvalue weighted by Crippen LogP contribution is 2.28. The SMILES string of the molecule is CCNc1cc(COC)nc2cc(Cl)c(C)cc12. The fraction of sp³-hybridized carbons (Fsp3) is 0.357. The molecule has 0 bridgehead atoms. The summed E-state index contributed by atoms with van der Waals surface area (Å²) in [5, 5.41) is 5.20. The predicted molar refractivity (Wildman–Crippen MR) is 76.4 cm³/mol. The van der Waals surface area contributed by atoms with Gasteiger partial charge in [0.15, 0.2) is 0 Å². The maximum atomic E-state index is 6.15. The van der Waals surface area contributed by atoms with Gasteiger partial charge in [-0.3, -0.25) is 4.98 Å². The Balaban J connectivity index is 2.64. The van der Waals surface area contributed by atoms with E-state index in [1.165, 1.54) is 0 Å². The van der Waals surface area contributed by atoms with Crippen molar-refractivity contribution >= 4 is 28.2 Å². The number of nitrogens with zero attached hydrogens (tertiary/aromatic N) is 1. The number of aromatic nitrogens is 1. The molecule has 0 radical (unpaired) electrons. The Labute approximate surface area is 112 Å². The van der Waals surface area contributed by atoms with E-state index in [4.69, 9.17) is 16.3 Å². The second-order valence-electron chi connectivity index (χ2n) is 4.24. The summed E-state index contributed by atoms with van der Waals surface area (Å²) in [5.41, 5.74) is 3.94. The first-order valence-electron chi connectivity index (χ1n) is 5.98.